The minimum absolute atomic E-state index is 0.0344. The smallest absolute Gasteiger partial charge is 0.287 e. The van der Waals surface area contributed by atoms with Crippen molar-refractivity contribution in [3.8, 4) is 0 Å². The van der Waals surface area contributed by atoms with Crippen LogP contribution in [0.2, 0.25) is 0 Å². The van der Waals surface area contributed by atoms with E-state index < -0.39 is 12.0 Å². The van der Waals surface area contributed by atoms with E-state index in [9.17, 15) is 14.7 Å². The van der Waals surface area contributed by atoms with Gasteiger partial charge in [-0.1, -0.05) is 42.5 Å². The van der Waals surface area contributed by atoms with Gasteiger partial charge in [-0.2, -0.15) is 0 Å². The molecule has 0 aliphatic rings. The number of rotatable bonds is 5. The van der Waals surface area contributed by atoms with Crippen LogP contribution in [0.1, 0.15) is 28.6 Å². The molecule has 1 heterocycles. The van der Waals surface area contributed by atoms with Gasteiger partial charge in [-0.3, -0.25) is 9.59 Å². The first-order valence-corrected chi connectivity index (χ1v) is 7.69. The number of hydrogen-bond acceptors (Lipinski definition) is 4. The van der Waals surface area contributed by atoms with Crippen molar-refractivity contribution in [3.05, 3.63) is 82.2 Å². The molecule has 0 aliphatic carbocycles. The first-order valence-electron chi connectivity index (χ1n) is 7.69. The van der Waals surface area contributed by atoms with Crippen molar-refractivity contribution in [2.75, 3.05) is 6.54 Å². The summed E-state index contributed by atoms with van der Waals surface area (Å²) in [6.45, 7) is 0.269. The number of carbonyl (C=O) groups excluding carboxylic acids is 1. The van der Waals surface area contributed by atoms with E-state index >= 15 is 0 Å². The van der Waals surface area contributed by atoms with Crippen LogP contribution < -0.4 is 10.7 Å². The van der Waals surface area contributed by atoms with Crippen LogP contribution >= 0.6 is 0 Å². The Balaban J connectivity index is 1.64. The van der Waals surface area contributed by atoms with Crippen molar-refractivity contribution in [1.29, 1.82) is 0 Å². The Labute approximate surface area is 138 Å². The van der Waals surface area contributed by atoms with E-state index in [1.165, 1.54) is 6.07 Å². The molecule has 3 aromatic rings. The van der Waals surface area contributed by atoms with E-state index in [4.69, 9.17) is 4.42 Å². The topological polar surface area (TPSA) is 79.5 Å². The number of hydrogen-bond donors (Lipinski definition) is 2. The SMILES string of the molecule is O=C(NCCC(O)c1ccccc1)c1cc(=O)c2ccccc2o1. The molecule has 1 aromatic heterocycles. The van der Waals surface area contributed by atoms with Crippen LogP contribution in [0.15, 0.2) is 69.9 Å². The molecule has 1 unspecified atom stereocenters. The molecule has 0 bridgehead atoms. The molecular formula is C19H17NO4. The van der Waals surface area contributed by atoms with Gasteiger partial charge in [0.15, 0.2) is 11.2 Å². The van der Waals surface area contributed by atoms with Gasteiger partial charge in [0.25, 0.3) is 5.91 Å². The summed E-state index contributed by atoms with van der Waals surface area (Å²) < 4.78 is 5.47. The third-order valence-electron chi connectivity index (χ3n) is 3.75. The highest BCUT2D eigenvalue weighted by molar-refractivity contribution is 5.93. The molecule has 0 saturated heterocycles. The molecule has 2 N–H and O–H groups in total. The van der Waals surface area contributed by atoms with Crippen LogP contribution in [0.3, 0.4) is 0 Å². The zero-order valence-electron chi connectivity index (χ0n) is 12.9. The normalized spacial score (nSPS) is 12.0. The lowest BCUT2D eigenvalue weighted by atomic mass is 10.1. The van der Waals surface area contributed by atoms with Gasteiger partial charge in [0.1, 0.15) is 5.58 Å². The third kappa shape index (κ3) is 3.52. The maximum absolute atomic E-state index is 12.1. The van der Waals surface area contributed by atoms with Crippen LogP contribution in [0.25, 0.3) is 11.0 Å². The fourth-order valence-electron chi connectivity index (χ4n) is 2.47. The van der Waals surface area contributed by atoms with E-state index in [1.807, 2.05) is 30.3 Å². The third-order valence-corrected chi connectivity index (χ3v) is 3.75. The summed E-state index contributed by atoms with van der Waals surface area (Å²) in [7, 11) is 0. The summed E-state index contributed by atoms with van der Waals surface area (Å²) in [5.41, 5.74) is 0.912. The summed E-state index contributed by atoms with van der Waals surface area (Å²) in [4.78, 5) is 24.1. The van der Waals surface area contributed by atoms with Crippen molar-refractivity contribution >= 4 is 16.9 Å². The summed E-state index contributed by atoms with van der Waals surface area (Å²) in [5, 5.41) is 13.2. The van der Waals surface area contributed by atoms with Crippen LogP contribution in [0.4, 0.5) is 0 Å². The number of nitrogens with one attached hydrogen (secondary N) is 1. The molecule has 24 heavy (non-hydrogen) atoms. The van der Waals surface area contributed by atoms with Gasteiger partial charge in [-0.25, -0.2) is 0 Å². The second-order valence-corrected chi connectivity index (χ2v) is 5.44. The molecule has 1 atom stereocenters. The van der Waals surface area contributed by atoms with Gasteiger partial charge < -0.3 is 14.8 Å². The Morgan fingerprint density at radius 2 is 1.79 bits per heavy atom. The highest BCUT2D eigenvalue weighted by Crippen LogP contribution is 2.15. The van der Waals surface area contributed by atoms with Crippen LogP contribution in [-0.4, -0.2) is 17.6 Å². The highest BCUT2D eigenvalue weighted by atomic mass is 16.3. The molecular weight excluding hydrogens is 306 g/mol. The maximum Gasteiger partial charge on any atom is 0.287 e. The monoisotopic (exact) mass is 323 g/mol. The second-order valence-electron chi connectivity index (χ2n) is 5.44. The Morgan fingerprint density at radius 1 is 1.08 bits per heavy atom. The highest BCUT2D eigenvalue weighted by Gasteiger charge is 2.13. The molecule has 0 fully saturated rings. The fraction of sp³-hybridized carbons (Fsp3) is 0.158. The molecule has 5 nitrogen and oxygen atoms in total. The molecule has 3 rings (SSSR count). The minimum atomic E-state index is -0.657. The summed E-state index contributed by atoms with van der Waals surface area (Å²) in [6, 6.07) is 17.2. The lowest BCUT2D eigenvalue weighted by Crippen LogP contribution is -2.26. The number of amides is 1. The number of para-hydroxylation sites is 1. The number of fused-ring (bicyclic) bond motifs is 1. The first kappa shape index (κ1) is 16.0. The molecule has 5 heteroatoms. The molecule has 1 amide bonds. The van der Waals surface area contributed by atoms with Crippen LogP contribution in [-0.2, 0) is 0 Å². The number of aliphatic hydroxyl groups is 1. The number of carbonyl (C=O) groups is 1. The zero-order chi connectivity index (χ0) is 16.9. The molecule has 0 aliphatic heterocycles. The van der Waals surface area contributed by atoms with Crippen molar-refractivity contribution in [2.45, 2.75) is 12.5 Å². The Kier molecular flexibility index (Phi) is 4.72. The van der Waals surface area contributed by atoms with Gasteiger partial charge in [0.2, 0.25) is 0 Å². The van der Waals surface area contributed by atoms with E-state index in [-0.39, 0.29) is 17.7 Å². The quantitative estimate of drug-likeness (QED) is 0.756. The van der Waals surface area contributed by atoms with Gasteiger partial charge in [-0.05, 0) is 24.1 Å². The molecule has 0 saturated carbocycles. The van der Waals surface area contributed by atoms with Gasteiger partial charge in [0.05, 0.1) is 11.5 Å². The fourth-order valence-corrected chi connectivity index (χ4v) is 2.47. The molecule has 0 spiro atoms. The van der Waals surface area contributed by atoms with Gasteiger partial charge in [-0.15, -0.1) is 0 Å². The maximum atomic E-state index is 12.1. The van der Waals surface area contributed by atoms with Crippen LogP contribution in [0, 0.1) is 0 Å². The Bertz CT molecular complexity index is 902. The summed E-state index contributed by atoms with van der Waals surface area (Å²) in [5.74, 6) is -0.508. The average Bonchev–Trinajstić information content (AvgIpc) is 2.62. The Morgan fingerprint density at radius 3 is 2.58 bits per heavy atom. The van der Waals surface area contributed by atoms with Crippen molar-refractivity contribution in [1.82, 2.24) is 5.32 Å². The average molecular weight is 323 g/mol. The molecule has 2 aromatic carbocycles. The van der Waals surface area contributed by atoms with E-state index in [0.29, 0.717) is 17.4 Å². The van der Waals surface area contributed by atoms with Gasteiger partial charge in [0, 0.05) is 12.6 Å². The molecule has 0 radical (unpaired) electrons. The lowest BCUT2D eigenvalue weighted by molar-refractivity contribution is 0.0915. The zero-order valence-corrected chi connectivity index (χ0v) is 12.9. The summed E-state index contributed by atoms with van der Waals surface area (Å²) >= 11 is 0. The van der Waals surface area contributed by atoms with Crippen LogP contribution in [0.5, 0.6) is 0 Å². The number of aliphatic hydroxyl groups excluding tert-OH is 1. The Hall–Kier alpha value is -2.92. The van der Waals surface area contributed by atoms with Crippen molar-refractivity contribution < 1.29 is 14.3 Å². The summed E-state index contributed by atoms with van der Waals surface area (Å²) in [6.07, 6.45) is -0.289. The van der Waals surface area contributed by atoms with E-state index in [2.05, 4.69) is 5.32 Å². The number of benzene rings is 2. The van der Waals surface area contributed by atoms with E-state index in [0.717, 1.165) is 5.56 Å². The van der Waals surface area contributed by atoms with Gasteiger partial charge >= 0.3 is 0 Å². The first-order chi connectivity index (χ1) is 11.6. The standard InChI is InChI=1S/C19H17NO4/c21-15(13-6-2-1-3-7-13)10-11-20-19(23)18-12-16(22)14-8-4-5-9-17(14)24-18/h1-9,12,15,21H,10-11H2,(H,20,23). The van der Waals surface area contributed by atoms with Crippen molar-refractivity contribution in [2.24, 2.45) is 0 Å². The van der Waals surface area contributed by atoms with E-state index in [1.54, 1.807) is 24.3 Å². The molecule has 122 valence electrons. The largest absolute Gasteiger partial charge is 0.451 e. The second kappa shape index (κ2) is 7.10. The minimum Gasteiger partial charge on any atom is -0.451 e. The lowest BCUT2D eigenvalue weighted by Gasteiger charge is -2.11. The predicted octanol–water partition coefficient (Wildman–Crippen LogP) is 2.65. The predicted molar refractivity (Wildman–Crippen MR) is 90.8 cm³/mol. The van der Waals surface area contributed by atoms with Crippen molar-refractivity contribution in [3.63, 3.8) is 0 Å².